The van der Waals surface area contributed by atoms with Gasteiger partial charge in [-0.3, -0.25) is 0 Å². The Kier molecular flexibility index (Phi) is 2.51. The highest BCUT2D eigenvalue weighted by Gasteiger charge is 2.16. The van der Waals surface area contributed by atoms with Gasteiger partial charge in [-0.15, -0.1) is 0 Å². The first-order valence-corrected chi connectivity index (χ1v) is 5.76. The number of aromatic carboxylic acids is 1. The van der Waals surface area contributed by atoms with Crippen molar-refractivity contribution in [1.82, 2.24) is 9.55 Å². The molecule has 1 N–H and O–H groups in total. The Hall–Kier alpha value is -2.30. The summed E-state index contributed by atoms with van der Waals surface area (Å²) in [6, 6.07) is 4.90. The van der Waals surface area contributed by atoms with Crippen molar-refractivity contribution in [3.05, 3.63) is 36.3 Å². The van der Waals surface area contributed by atoms with Crippen molar-refractivity contribution in [2.75, 3.05) is 6.61 Å². The van der Waals surface area contributed by atoms with Gasteiger partial charge in [-0.25, -0.2) is 9.78 Å². The van der Waals surface area contributed by atoms with E-state index in [9.17, 15) is 4.79 Å². The van der Waals surface area contributed by atoms with Gasteiger partial charge in [0.1, 0.15) is 5.75 Å². The average Bonchev–Trinajstić information content (AvgIpc) is 2.79. The molecule has 1 aliphatic heterocycles. The lowest BCUT2D eigenvalue weighted by Crippen LogP contribution is -2.10. The number of imidazole rings is 1. The van der Waals surface area contributed by atoms with Crippen LogP contribution in [0.2, 0.25) is 0 Å². The van der Waals surface area contributed by atoms with E-state index in [1.165, 1.54) is 0 Å². The van der Waals surface area contributed by atoms with Crippen LogP contribution in [0, 0.1) is 0 Å². The standard InChI is InChI=1S/C13H12N2O3/c16-13(17)9-2-3-12-10(6-9)11-7-14-8-15(11)4-1-5-18-12/h2-3,6-8H,1,4-5H2,(H,16,17). The lowest BCUT2D eigenvalue weighted by atomic mass is 10.1. The molecule has 0 aliphatic carbocycles. The highest BCUT2D eigenvalue weighted by atomic mass is 16.5. The van der Waals surface area contributed by atoms with Crippen molar-refractivity contribution in [1.29, 1.82) is 0 Å². The number of fused-ring (bicyclic) bond motifs is 3. The summed E-state index contributed by atoms with van der Waals surface area (Å²) < 4.78 is 7.68. The summed E-state index contributed by atoms with van der Waals surface area (Å²) in [6.45, 7) is 1.45. The number of hydrogen-bond acceptors (Lipinski definition) is 3. The number of carboxylic acids is 1. The van der Waals surface area contributed by atoms with Gasteiger partial charge in [0.05, 0.1) is 30.4 Å². The monoisotopic (exact) mass is 244 g/mol. The number of benzene rings is 1. The molecule has 5 nitrogen and oxygen atoms in total. The Labute approximate surface area is 104 Å². The molecule has 92 valence electrons. The summed E-state index contributed by atoms with van der Waals surface area (Å²) in [5, 5.41) is 9.05. The zero-order valence-electron chi connectivity index (χ0n) is 9.67. The van der Waals surface area contributed by atoms with Crippen LogP contribution in [0.1, 0.15) is 16.8 Å². The lowest BCUT2D eigenvalue weighted by Gasteiger charge is -2.17. The minimum Gasteiger partial charge on any atom is -0.493 e. The highest BCUT2D eigenvalue weighted by Crippen LogP contribution is 2.32. The molecule has 0 amide bonds. The molecule has 2 aromatic rings. The number of aryl methyl sites for hydroxylation is 1. The molecule has 5 heteroatoms. The van der Waals surface area contributed by atoms with Gasteiger partial charge in [-0.1, -0.05) is 0 Å². The second kappa shape index (κ2) is 4.18. The summed E-state index contributed by atoms with van der Waals surface area (Å²) in [5.41, 5.74) is 1.94. The summed E-state index contributed by atoms with van der Waals surface area (Å²) in [4.78, 5) is 15.1. The summed E-state index contributed by atoms with van der Waals surface area (Å²) in [7, 11) is 0. The van der Waals surface area contributed by atoms with E-state index in [1.54, 1.807) is 30.7 Å². The predicted molar refractivity (Wildman–Crippen MR) is 64.7 cm³/mol. The third kappa shape index (κ3) is 1.73. The Morgan fingerprint density at radius 1 is 1.44 bits per heavy atom. The zero-order chi connectivity index (χ0) is 12.5. The summed E-state index contributed by atoms with van der Waals surface area (Å²) in [5.74, 6) is -0.229. The van der Waals surface area contributed by atoms with Gasteiger partial charge < -0.3 is 14.4 Å². The largest absolute Gasteiger partial charge is 0.493 e. The Morgan fingerprint density at radius 2 is 2.33 bits per heavy atom. The van der Waals surface area contributed by atoms with Gasteiger partial charge in [-0.2, -0.15) is 0 Å². The van der Waals surface area contributed by atoms with Crippen LogP contribution in [-0.4, -0.2) is 27.2 Å². The van der Waals surface area contributed by atoms with Gasteiger partial charge in [0.15, 0.2) is 0 Å². The van der Waals surface area contributed by atoms with E-state index in [0.29, 0.717) is 12.4 Å². The molecule has 1 aliphatic rings. The van der Waals surface area contributed by atoms with E-state index in [-0.39, 0.29) is 5.56 Å². The minimum atomic E-state index is -0.939. The molecule has 3 rings (SSSR count). The van der Waals surface area contributed by atoms with Crippen LogP contribution in [0.15, 0.2) is 30.7 Å². The Morgan fingerprint density at radius 3 is 3.17 bits per heavy atom. The third-order valence-corrected chi connectivity index (χ3v) is 3.02. The van der Waals surface area contributed by atoms with Crippen molar-refractivity contribution in [3.8, 4) is 17.0 Å². The van der Waals surface area contributed by atoms with Crippen molar-refractivity contribution in [3.63, 3.8) is 0 Å². The summed E-state index contributed by atoms with van der Waals surface area (Å²) in [6.07, 6.45) is 4.40. The topological polar surface area (TPSA) is 64.3 Å². The van der Waals surface area contributed by atoms with Crippen LogP contribution in [-0.2, 0) is 6.54 Å². The molecule has 0 saturated heterocycles. The molecule has 0 radical (unpaired) electrons. The van der Waals surface area contributed by atoms with E-state index >= 15 is 0 Å². The fourth-order valence-corrected chi connectivity index (χ4v) is 2.13. The number of aromatic nitrogens is 2. The van der Waals surface area contributed by atoms with E-state index in [4.69, 9.17) is 9.84 Å². The molecule has 18 heavy (non-hydrogen) atoms. The van der Waals surface area contributed by atoms with E-state index in [2.05, 4.69) is 4.98 Å². The fourth-order valence-electron chi connectivity index (χ4n) is 2.13. The molecule has 0 saturated carbocycles. The maximum atomic E-state index is 11.0. The molecule has 2 heterocycles. The smallest absolute Gasteiger partial charge is 0.335 e. The number of carbonyl (C=O) groups is 1. The van der Waals surface area contributed by atoms with E-state index in [1.807, 2.05) is 4.57 Å². The fraction of sp³-hybridized carbons (Fsp3) is 0.231. The van der Waals surface area contributed by atoms with Crippen LogP contribution in [0.4, 0.5) is 0 Å². The molecular formula is C13H12N2O3. The second-order valence-electron chi connectivity index (χ2n) is 4.19. The van der Waals surface area contributed by atoms with Crippen LogP contribution in [0.5, 0.6) is 5.75 Å². The van der Waals surface area contributed by atoms with Crippen molar-refractivity contribution in [2.45, 2.75) is 13.0 Å². The number of rotatable bonds is 1. The second-order valence-corrected chi connectivity index (χ2v) is 4.19. The van der Waals surface area contributed by atoms with Crippen LogP contribution >= 0.6 is 0 Å². The Balaban J connectivity index is 2.19. The van der Waals surface area contributed by atoms with E-state index in [0.717, 1.165) is 24.2 Å². The third-order valence-electron chi connectivity index (χ3n) is 3.02. The highest BCUT2D eigenvalue weighted by molar-refractivity contribution is 5.90. The summed E-state index contributed by atoms with van der Waals surface area (Å²) >= 11 is 0. The molecule has 0 bridgehead atoms. The molecule has 0 spiro atoms. The number of nitrogens with zero attached hydrogens (tertiary/aromatic N) is 2. The van der Waals surface area contributed by atoms with Crippen LogP contribution in [0.3, 0.4) is 0 Å². The lowest BCUT2D eigenvalue weighted by molar-refractivity contribution is 0.0697. The number of ether oxygens (including phenoxy) is 1. The molecular weight excluding hydrogens is 232 g/mol. The molecule has 0 fully saturated rings. The van der Waals surface area contributed by atoms with Crippen molar-refractivity contribution >= 4 is 5.97 Å². The van der Waals surface area contributed by atoms with E-state index < -0.39 is 5.97 Å². The van der Waals surface area contributed by atoms with Crippen LogP contribution < -0.4 is 4.74 Å². The predicted octanol–water partition coefficient (Wildman–Crippen LogP) is 2.03. The van der Waals surface area contributed by atoms with Gasteiger partial charge in [0.2, 0.25) is 0 Å². The first-order valence-electron chi connectivity index (χ1n) is 5.76. The first kappa shape index (κ1) is 10.8. The van der Waals surface area contributed by atoms with Gasteiger partial charge in [0, 0.05) is 12.1 Å². The number of carboxylic acid groups (broad SMARTS) is 1. The zero-order valence-corrected chi connectivity index (χ0v) is 9.67. The van der Waals surface area contributed by atoms with Crippen molar-refractivity contribution in [2.24, 2.45) is 0 Å². The minimum absolute atomic E-state index is 0.255. The van der Waals surface area contributed by atoms with Gasteiger partial charge in [-0.05, 0) is 24.6 Å². The Bertz CT molecular complexity index is 604. The van der Waals surface area contributed by atoms with Gasteiger partial charge in [0.25, 0.3) is 0 Å². The quantitative estimate of drug-likeness (QED) is 0.833. The maximum absolute atomic E-state index is 11.0. The van der Waals surface area contributed by atoms with Gasteiger partial charge >= 0.3 is 5.97 Å². The average molecular weight is 244 g/mol. The molecule has 1 aromatic carbocycles. The number of hydrogen-bond donors (Lipinski definition) is 1. The van der Waals surface area contributed by atoms with Crippen LogP contribution in [0.25, 0.3) is 11.3 Å². The molecule has 0 atom stereocenters. The maximum Gasteiger partial charge on any atom is 0.335 e. The normalized spacial score (nSPS) is 13.8. The molecule has 1 aromatic heterocycles. The van der Waals surface area contributed by atoms with Crippen molar-refractivity contribution < 1.29 is 14.6 Å². The first-order chi connectivity index (χ1) is 8.75. The molecule has 0 unspecified atom stereocenters. The SMILES string of the molecule is O=C(O)c1ccc2c(c1)-c1cncn1CCCO2.